The zero-order valence-electron chi connectivity index (χ0n) is 12.1. The minimum atomic E-state index is -0.179. The zero-order chi connectivity index (χ0) is 15.0. The van der Waals surface area contributed by atoms with Crippen molar-refractivity contribution in [3.05, 3.63) is 54.1 Å². The number of hydrogen-bond acceptors (Lipinski definition) is 3. The van der Waals surface area contributed by atoms with Crippen molar-refractivity contribution in [1.29, 1.82) is 0 Å². The second-order valence-electron chi connectivity index (χ2n) is 5.23. The molecule has 1 N–H and O–H groups in total. The maximum Gasteiger partial charge on any atom is 0.337 e. The van der Waals surface area contributed by atoms with Crippen molar-refractivity contribution in [2.75, 3.05) is 6.54 Å². The monoisotopic (exact) mass is 300 g/mol. The second kappa shape index (κ2) is 5.20. The molecular weight excluding hydrogens is 282 g/mol. The average Bonchev–Trinajstić information content (AvgIpc) is 2.52. The molecule has 2 aromatic rings. The maximum atomic E-state index is 13.0. The van der Waals surface area contributed by atoms with Gasteiger partial charge in [0.25, 0.3) is 0 Å². The van der Waals surface area contributed by atoms with E-state index in [1.165, 1.54) is 11.9 Å². The second-order valence-corrected chi connectivity index (χ2v) is 6.48. The summed E-state index contributed by atoms with van der Waals surface area (Å²) < 4.78 is 0.102. The number of phenols is 1. The highest BCUT2D eigenvalue weighted by Crippen LogP contribution is 2.49. The van der Waals surface area contributed by atoms with Crippen molar-refractivity contribution >= 4 is 23.5 Å². The first-order chi connectivity index (χ1) is 10.1. The van der Waals surface area contributed by atoms with Gasteiger partial charge < -0.3 is 5.11 Å². The Hall–Kier alpha value is -1.78. The van der Waals surface area contributed by atoms with E-state index in [4.69, 9.17) is 0 Å². The molecular formula is C17H18NO2S+. The molecule has 0 spiro atoms. The fourth-order valence-corrected chi connectivity index (χ4v) is 4.36. The number of benzene rings is 2. The normalized spacial score (nSPS) is 24.7. The minimum Gasteiger partial charge on any atom is -0.503 e. The molecule has 108 valence electrons. The van der Waals surface area contributed by atoms with Gasteiger partial charge in [-0.05, 0) is 31.5 Å². The number of quaternary nitrogens is 1. The molecule has 0 fully saturated rings. The first-order valence-electron chi connectivity index (χ1n) is 7.09. The van der Waals surface area contributed by atoms with Gasteiger partial charge in [0.2, 0.25) is 0 Å². The Morgan fingerprint density at radius 3 is 2.52 bits per heavy atom. The van der Waals surface area contributed by atoms with Crippen LogP contribution in [0, 0.1) is 0 Å². The third kappa shape index (κ3) is 2.06. The Balaban J connectivity index is 2.21. The van der Waals surface area contributed by atoms with Crippen LogP contribution in [0.3, 0.4) is 0 Å². The van der Waals surface area contributed by atoms with Crippen LogP contribution in [0.1, 0.15) is 25.3 Å². The van der Waals surface area contributed by atoms with Crippen molar-refractivity contribution in [1.82, 2.24) is 3.89 Å². The predicted molar refractivity (Wildman–Crippen MR) is 86.2 cm³/mol. The molecule has 4 heteroatoms. The van der Waals surface area contributed by atoms with Gasteiger partial charge in [-0.25, -0.2) is 4.79 Å². The van der Waals surface area contributed by atoms with Gasteiger partial charge in [0.05, 0.1) is 17.4 Å². The van der Waals surface area contributed by atoms with E-state index in [0.29, 0.717) is 12.2 Å². The Morgan fingerprint density at radius 1 is 1.14 bits per heavy atom. The quantitative estimate of drug-likeness (QED) is 0.671. The fourth-order valence-electron chi connectivity index (χ4n) is 2.91. The van der Waals surface area contributed by atoms with E-state index in [1.807, 2.05) is 50.2 Å². The van der Waals surface area contributed by atoms with E-state index in [2.05, 4.69) is 0 Å². The van der Waals surface area contributed by atoms with Crippen LogP contribution in [0.25, 0.3) is 0 Å². The van der Waals surface area contributed by atoms with Gasteiger partial charge in [-0.3, -0.25) is 0 Å². The summed E-state index contributed by atoms with van der Waals surface area (Å²) >= 11 is 1.51. The molecule has 2 unspecified atom stereocenters. The van der Waals surface area contributed by atoms with Crippen molar-refractivity contribution in [3.63, 3.8) is 0 Å². The van der Waals surface area contributed by atoms with Gasteiger partial charge in [-0.2, -0.15) is 3.89 Å². The van der Waals surface area contributed by atoms with Crippen LogP contribution in [-0.4, -0.2) is 17.6 Å². The highest BCUT2D eigenvalue weighted by molar-refractivity contribution is 7.99. The Morgan fingerprint density at radius 2 is 1.81 bits per heavy atom. The number of amides is 1. The van der Waals surface area contributed by atoms with Gasteiger partial charge >= 0.3 is 5.91 Å². The molecule has 0 aromatic heterocycles. The number of aromatic hydroxyl groups is 1. The fraction of sp³-hybridized carbons (Fsp3) is 0.235. The van der Waals surface area contributed by atoms with Crippen molar-refractivity contribution in [2.24, 2.45) is 0 Å². The SMILES string of the molecule is CC[N+]1(c2ccccc2O)Sc2ccccc2C(C)C1=O. The van der Waals surface area contributed by atoms with E-state index < -0.39 is 0 Å². The number of rotatable bonds is 2. The van der Waals surface area contributed by atoms with E-state index in [0.717, 1.165) is 10.5 Å². The Bertz CT molecular complexity index is 701. The molecule has 2 aromatic carbocycles. The average molecular weight is 300 g/mol. The lowest BCUT2D eigenvalue weighted by Gasteiger charge is -2.38. The third-order valence-electron chi connectivity index (χ3n) is 4.08. The number of para-hydroxylation sites is 2. The predicted octanol–water partition coefficient (Wildman–Crippen LogP) is 4.07. The topological polar surface area (TPSA) is 37.3 Å². The van der Waals surface area contributed by atoms with Crippen molar-refractivity contribution in [2.45, 2.75) is 24.7 Å². The number of carbonyl (C=O) groups is 1. The van der Waals surface area contributed by atoms with Gasteiger partial charge in [0.15, 0.2) is 11.4 Å². The van der Waals surface area contributed by atoms with Crippen LogP contribution >= 0.6 is 11.9 Å². The standard InChI is InChI=1S/C17H17NO2S/c1-3-18(14-9-5-6-10-15(14)19)17(20)12(2)13-8-4-7-11-16(13)21-18/h4-12H,3H2,1-2H3/p+1. The smallest absolute Gasteiger partial charge is 0.337 e. The molecule has 2 atom stereocenters. The lowest BCUT2D eigenvalue weighted by molar-refractivity contribution is -0.127. The molecule has 3 nitrogen and oxygen atoms in total. The molecule has 1 heterocycles. The number of likely N-dealkylation sites (N-methyl/N-ethyl adjacent to an activating group) is 1. The largest absolute Gasteiger partial charge is 0.503 e. The summed E-state index contributed by atoms with van der Waals surface area (Å²) in [7, 11) is 0. The summed E-state index contributed by atoms with van der Waals surface area (Å²) in [6.07, 6.45) is 0. The summed E-state index contributed by atoms with van der Waals surface area (Å²) in [5.41, 5.74) is 1.74. The van der Waals surface area contributed by atoms with Crippen LogP contribution in [0.4, 0.5) is 5.69 Å². The molecule has 21 heavy (non-hydrogen) atoms. The van der Waals surface area contributed by atoms with Crippen LogP contribution < -0.4 is 3.89 Å². The molecule has 1 aliphatic rings. The highest BCUT2D eigenvalue weighted by Gasteiger charge is 2.49. The molecule has 0 aliphatic carbocycles. The molecule has 0 radical (unpaired) electrons. The van der Waals surface area contributed by atoms with Crippen LogP contribution in [0.15, 0.2) is 53.4 Å². The first-order valence-corrected chi connectivity index (χ1v) is 7.87. The van der Waals surface area contributed by atoms with Crippen LogP contribution in [-0.2, 0) is 4.79 Å². The zero-order valence-corrected chi connectivity index (χ0v) is 12.9. The number of carbonyl (C=O) groups excluding carboxylic acids is 1. The maximum absolute atomic E-state index is 13.0. The molecule has 1 amide bonds. The van der Waals surface area contributed by atoms with Crippen LogP contribution in [0.2, 0.25) is 0 Å². The summed E-state index contributed by atoms with van der Waals surface area (Å²) in [5, 5.41) is 10.2. The minimum absolute atomic E-state index is 0.102. The van der Waals surface area contributed by atoms with Crippen molar-refractivity contribution < 1.29 is 9.90 Å². The summed E-state index contributed by atoms with van der Waals surface area (Å²) in [6, 6.07) is 15.1. The Labute approximate surface area is 128 Å². The third-order valence-corrected chi connectivity index (χ3v) is 5.60. The van der Waals surface area contributed by atoms with Gasteiger partial charge in [-0.1, -0.05) is 30.3 Å². The highest BCUT2D eigenvalue weighted by atomic mass is 32.2. The summed E-state index contributed by atoms with van der Waals surface area (Å²) in [5.74, 6) is 0.108. The molecule has 1 aliphatic heterocycles. The summed E-state index contributed by atoms with van der Waals surface area (Å²) in [6.45, 7) is 4.53. The number of nitrogens with zero attached hydrogens (tertiary/aromatic N) is 1. The number of hydrogen-bond donors (Lipinski definition) is 1. The molecule has 0 saturated carbocycles. The van der Waals surface area contributed by atoms with E-state index in [9.17, 15) is 9.90 Å². The molecule has 3 rings (SSSR count). The lowest BCUT2D eigenvalue weighted by Crippen LogP contribution is -2.51. The van der Waals surface area contributed by atoms with Gasteiger partial charge in [0, 0.05) is 6.07 Å². The van der Waals surface area contributed by atoms with Crippen LogP contribution in [0.5, 0.6) is 5.75 Å². The molecule has 0 saturated heterocycles. The molecule has 0 bridgehead atoms. The van der Waals surface area contributed by atoms with Gasteiger partial charge in [0.1, 0.15) is 11.9 Å². The number of phenolic OH excluding ortho intramolecular Hbond substituents is 1. The van der Waals surface area contributed by atoms with E-state index in [-0.39, 0.29) is 21.5 Å². The van der Waals surface area contributed by atoms with Crippen molar-refractivity contribution in [3.8, 4) is 5.75 Å². The lowest BCUT2D eigenvalue weighted by atomic mass is 9.98. The number of fused-ring (bicyclic) bond motifs is 1. The van der Waals surface area contributed by atoms with Gasteiger partial charge in [-0.15, -0.1) is 0 Å². The Kier molecular flexibility index (Phi) is 3.51. The summed E-state index contributed by atoms with van der Waals surface area (Å²) in [4.78, 5) is 14.1. The van der Waals surface area contributed by atoms with E-state index in [1.54, 1.807) is 12.1 Å². The van der Waals surface area contributed by atoms with E-state index >= 15 is 0 Å². The first kappa shape index (κ1) is 14.2.